The average Bonchev–Trinajstić information content (AvgIpc) is 3.53. The van der Waals surface area contributed by atoms with Gasteiger partial charge in [0.05, 0.1) is 10.2 Å². The molecule has 2 aliphatic rings. The van der Waals surface area contributed by atoms with E-state index in [1.165, 1.54) is 9.58 Å². The van der Waals surface area contributed by atoms with E-state index in [0.29, 0.717) is 19.3 Å². The van der Waals surface area contributed by atoms with Crippen LogP contribution >= 0.6 is 22.7 Å². The SMILES string of the molecule is O=C1CC[C@@](CCC(=O)N2CCN(c3nc4ccccc4s3)CC2)(Cc2cccs2)N1. The van der Waals surface area contributed by atoms with E-state index in [9.17, 15) is 9.59 Å². The number of benzene rings is 1. The number of thiazole rings is 1. The zero-order valence-electron chi connectivity index (χ0n) is 17.4. The van der Waals surface area contributed by atoms with Crippen LogP contribution in [0.2, 0.25) is 0 Å². The Labute approximate surface area is 189 Å². The molecule has 5 rings (SSSR count). The number of aromatic nitrogens is 1. The maximum Gasteiger partial charge on any atom is 0.222 e. The predicted octanol–water partition coefficient (Wildman–Crippen LogP) is 3.68. The summed E-state index contributed by atoms with van der Waals surface area (Å²) in [4.78, 5) is 35.2. The van der Waals surface area contributed by atoms with Crippen LogP contribution in [0.25, 0.3) is 10.2 Å². The average molecular weight is 455 g/mol. The molecule has 2 aromatic heterocycles. The van der Waals surface area contributed by atoms with E-state index >= 15 is 0 Å². The molecular formula is C23H26N4O2S2. The molecular weight excluding hydrogens is 428 g/mol. The lowest BCUT2D eigenvalue weighted by atomic mass is 9.87. The van der Waals surface area contributed by atoms with E-state index in [4.69, 9.17) is 4.98 Å². The number of rotatable bonds is 6. The van der Waals surface area contributed by atoms with Gasteiger partial charge in [-0.25, -0.2) is 4.98 Å². The van der Waals surface area contributed by atoms with Gasteiger partial charge in [-0.2, -0.15) is 0 Å². The molecule has 1 N–H and O–H groups in total. The molecule has 31 heavy (non-hydrogen) atoms. The number of para-hydroxylation sites is 1. The molecule has 0 unspecified atom stereocenters. The number of carbonyl (C=O) groups is 2. The molecule has 2 saturated heterocycles. The van der Waals surface area contributed by atoms with Crippen LogP contribution in [0, 0.1) is 0 Å². The van der Waals surface area contributed by atoms with Crippen LogP contribution in [0.3, 0.4) is 0 Å². The topological polar surface area (TPSA) is 65.5 Å². The number of fused-ring (bicyclic) bond motifs is 1. The number of piperazine rings is 1. The lowest BCUT2D eigenvalue weighted by Crippen LogP contribution is -2.50. The Bertz CT molecular complexity index is 1040. The van der Waals surface area contributed by atoms with Crippen molar-refractivity contribution in [3.8, 4) is 0 Å². The highest BCUT2D eigenvalue weighted by Gasteiger charge is 2.38. The van der Waals surface area contributed by atoms with Crippen LogP contribution in [-0.2, 0) is 16.0 Å². The minimum Gasteiger partial charge on any atom is -0.350 e. The van der Waals surface area contributed by atoms with Gasteiger partial charge >= 0.3 is 0 Å². The first-order valence-electron chi connectivity index (χ1n) is 10.8. The van der Waals surface area contributed by atoms with E-state index in [0.717, 1.165) is 49.7 Å². The maximum atomic E-state index is 12.9. The summed E-state index contributed by atoms with van der Waals surface area (Å²) in [6.45, 7) is 3.06. The lowest BCUT2D eigenvalue weighted by molar-refractivity contribution is -0.132. The Morgan fingerprint density at radius 3 is 2.68 bits per heavy atom. The van der Waals surface area contributed by atoms with Gasteiger partial charge in [0.2, 0.25) is 11.8 Å². The van der Waals surface area contributed by atoms with Crippen molar-refractivity contribution in [2.45, 2.75) is 37.6 Å². The van der Waals surface area contributed by atoms with Gasteiger partial charge in [0.15, 0.2) is 5.13 Å². The van der Waals surface area contributed by atoms with E-state index in [1.54, 1.807) is 22.7 Å². The number of carbonyl (C=O) groups excluding carboxylic acids is 2. The molecule has 162 valence electrons. The molecule has 1 aromatic carbocycles. The lowest BCUT2D eigenvalue weighted by Gasteiger charge is -2.35. The number of amides is 2. The molecule has 0 aliphatic carbocycles. The molecule has 2 amide bonds. The van der Waals surface area contributed by atoms with E-state index in [2.05, 4.69) is 27.7 Å². The van der Waals surface area contributed by atoms with Gasteiger partial charge in [-0.3, -0.25) is 9.59 Å². The highest BCUT2D eigenvalue weighted by Crippen LogP contribution is 2.32. The van der Waals surface area contributed by atoms with Gasteiger partial charge in [0, 0.05) is 55.9 Å². The second-order valence-electron chi connectivity index (χ2n) is 8.42. The molecule has 2 fully saturated rings. The van der Waals surface area contributed by atoms with Gasteiger partial charge in [-0.1, -0.05) is 29.5 Å². The molecule has 0 spiro atoms. The Morgan fingerprint density at radius 1 is 1.13 bits per heavy atom. The van der Waals surface area contributed by atoms with Crippen LogP contribution in [0.4, 0.5) is 5.13 Å². The van der Waals surface area contributed by atoms with Crippen molar-refractivity contribution in [3.05, 3.63) is 46.7 Å². The molecule has 3 aromatic rings. The van der Waals surface area contributed by atoms with Gasteiger partial charge in [-0.05, 0) is 36.4 Å². The van der Waals surface area contributed by atoms with Gasteiger partial charge in [0.25, 0.3) is 0 Å². The van der Waals surface area contributed by atoms with Crippen LogP contribution < -0.4 is 10.2 Å². The summed E-state index contributed by atoms with van der Waals surface area (Å²) in [7, 11) is 0. The number of nitrogens with zero attached hydrogens (tertiary/aromatic N) is 3. The minimum absolute atomic E-state index is 0.105. The monoisotopic (exact) mass is 454 g/mol. The highest BCUT2D eigenvalue weighted by atomic mass is 32.1. The third-order valence-electron chi connectivity index (χ3n) is 6.33. The van der Waals surface area contributed by atoms with Gasteiger partial charge < -0.3 is 15.1 Å². The van der Waals surface area contributed by atoms with Crippen LogP contribution in [-0.4, -0.2) is 53.4 Å². The Balaban J connectivity index is 1.17. The molecule has 0 radical (unpaired) electrons. The fourth-order valence-corrected chi connectivity index (χ4v) is 6.44. The third kappa shape index (κ3) is 4.45. The Kier molecular flexibility index (Phi) is 5.67. The summed E-state index contributed by atoms with van der Waals surface area (Å²) in [5.41, 5.74) is 0.760. The quantitative estimate of drug-likeness (QED) is 0.617. The molecule has 4 heterocycles. The van der Waals surface area contributed by atoms with Crippen molar-refractivity contribution in [3.63, 3.8) is 0 Å². The number of hydrogen-bond acceptors (Lipinski definition) is 6. The summed E-state index contributed by atoms with van der Waals surface area (Å²) >= 11 is 3.43. The molecule has 1 atom stereocenters. The van der Waals surface area contributed by atoms with Crippen molar-refractivity contribution in [1.82, 2.24) is 15.2 Å². The summed E-state index contributed by atoms with van der Waals surface area (Å²) < 4.78 is 1.20. The second kappa shape index (κ2) is 8.59. The first-order valence-corrected chi connectivity index (χ1v) is 12.5. The Morgan fingerprint density at radius 2 is 1.97 bits per heavy atom. The molecule has 2 aliphatic heterocycles. The highest BCUT2D eigenvalue weighted by molar-refractivity contribution is 7.22. The van der Waals surface area contributed by atoms with Crippen LogP contribution in [0.15, 0.2) is 41.8 Å². The third-order valence-corrected chi connectivity index (χ3v) is 8.30. The number of anilines is 1. The summed E-state index contributed by atoms with van der Waals surface area (Å²) in [5.74, 6) is 0.295. The normalized spacial score (nSPS) is 21.6. The first kappa shape index (κ1) is 20.5. The van der Waals surface area contributed by atoms with Crippen molar-refractivity contribution >= 4 is 49.8 Å². The summed E-state index contributed by atoms with van der Waals surface area (Å²) in [5, 5.41) is 6.29. The first-order chi connectivity index (χ1) is 15.1. The van der Waals surface area contributed by atoms with Crippen molar-refractivity contribution in [1.29, 1.82) is 0 Å². The van der Waals surface area contributed by atoms with Gasteiger partial charge in [-0.15, -0.1) is 11.3 Å². The Hall–Kier alpha value is -2.45. The van der Waals surface area contributed by atoms with Crippen LogP contribution in [0.1, 0.15) is 30.6 Å². The smallest absolute Gasteiger partial charge is 0.222 e. The largest absolute Gasteiger partial charge is 0.350 e. The fraction of sp³-hybridized carbons (Fsp3) is 0.435. The molecule has 0 saturated carbocycles. The maximum absolute atomic E-state index is 12.9. The molecule has 6 nitrogen and oxygen atoms in total. The number of nitrogens with one attached hydrogen (secondary N) is 1. The standard InChI is InChI=1S/C23H26N4O2S2/c28-20-7-9-23(25-20,16-17-4-3-15-30-17)10-8-21(29)26-11-13-27(14-12-26)22-24-18-5-1-2-6-19(18)31-22/h1-6,15H,7-14,16H2,(H,25,28)/t23-/m1/s1. The van der Waals surface area contributed by atoms with Gasteiger partial charge in [0.1, 0.15) is 0 Å². The second-order valence-corrected chi connectivity index (χ2v) is 10.5. The van der Waals surface area contributed by atoms with Crippen molar-refractivity contribution < 1.29 is 9.59 Å². The number of thiophene rings is 1. The predicted molar refractivity (Wildman–Crippen MR) is 126 cm³/mol. The summed E-state index contributed by atoms with van der Waals surface area (Å²) in [6, 6.07) is 12.4. The van der Waals surface area contributed by atoms with E-state index in [-0.39, 0.29) is 17.4 Å². The number of hydrogen-bond donors (Lipinski definition) is 1. The molecule has 0 bridgehead atoms. The van der Waals surface area contributed by atoms with Crippen LogP contribution in [0.5, 0.6) is 0 Å². The minimum atomic E-state index is -0.277. The zero-order valence-corrected chi connectivity index (χ0v) is 19.0. The van der Waals surface area contributed by atoms with Crippen molar-refractivity contribution in [2.24, 2.45) is 0 Å². The van der Waals surface area contributed by atoms with E-state index in [1.807, 2.05) is 29.2 Å². The zero-order chi connectivity index (χ0) is 21.3. The van der Waals surface area contributed by atoms with Crippen molar-refractivity contribution in [2.75, 3.05) is 31.1 Å². The fourth-order valence-electron chi connectivity index (χ4n) is 4.58. The summed E-state index contributed by atoms with van der Waals surface area (Å²) in [6.07, 6.45) is 3.36. The van der Waals surface area contributed by atoms with E-state index < -0.39 is 0 Å². The molecule has 8 heteroatoms.